The lowest BCUT2D eigenvalue weighted by Gasteiger charge is -2.18. The highest BCUT2D eigenvalue weighted by molar-refractivity contribution is 5.91. The Hall–Kier alpha value is -2.96. The molecule has 0 bridgehead atoms. The molecule has 140 valence electrons. The van der Waals surface area contributed by atoms with Gasteiger partial charge in [-0.25, -0.2) is 0 Å². The molecule has 0 aliphatic heterocycles. The monoisotopic (exact) mass is 360 g/mol. The maximum Gasteiger partial charge on any atom is 0.286 e. The van der Waals surface area contributed by atoms with E-state index in [0.29, 0.717) is 30.9 Å². The molecule has 1 aromatic carbocycles. The molecule has 0 radical (unpaired) electrons. The molecule has 7 nitrogen and oxygen atoms in total. The van der Waals surface area contributed by atoms with Crippen LogP contribution in [0.1, 0.15) is 41.9 Å². The van der Waals surface area contributed by atoms with Gasteiger partial charge in [0.05, 0.1) is 26.5 Å². The predicted molar refractivity (Wildman–Crippen MR) is 96.4 cm³/mol. The fourth-order valence-electron chi connectivity index (χ4n) is 2.51. The molecule has 0 aliphatic carbocycles. The van der Waals surface area contributed by atoms with Crippen molar-refractivity contribution in [3.05, 3.63) is 47.9 Å². The molecule has 1 unspecified atom stereocenters. The van der Waals surface area contributed by atoms with E-state index in [9.17, 15) is 9.59 Å². The first-order valence-electron chi connectivity index (χ1n) is 8.38. The van der Waals surface area contributed by atoms with Gasteiger partial charge in [-0.1, -0.05) is 0 Å². The topological polar surface area (TPSA) is 89.8 Å². The number of nitrogens with one attached hydrogen (secondary N) is 2. The number of benzene rings is 1. The minimum Gasteiger partial charge on any atom is -0.497 e. The quantitative estimate of drug-likeness (QED) is 0.671. The lowest BCUT2D eigenvalue weighted by atomic mass is 10.1. The summed E-state index contributed by atoms with van der Waals surface area (Å²) < 4.78 is 15.6. The highest BCUT2D eigenvalue weighted by Gasteiger charge is 2.15. The SMILES string of the molecule is COc1ccc(OC)c(C(C)NC(=O)CCCNC(=O)c2ccco2)c1. The fourth-order valence-corrected chi connectivity index (χ4v) is 2.51. The van der Waals surface area contributed by atoms with Crippen LogP contribution in [0.4, 0.5) is 0 Å². The largest absolute Gasteiger partial charge is 0.497 e. The molecule has 2 aromatic rings. The zero-order valence-corrected chi connectivity index (χ0v) is 15.2. The summed E-state index contributed by atoms with van der Waals surface area (Å²) in [6, 6.07) is 8.46. The molecule has 0 fully saturated rings. The van der Waals surface area contributed by atoms with Gasteiger partial charge >= 0.3 is 0 Å². The van der Waals surface area contributed by atoms with E-state index < -0.39 is 0 Å². The van der Waals surface area contributed by atoms with Crippen molar-refractivity contribution in [3.63, 3.8) is 0 Å². The lowest BCUT2D eigenvalue weighted by molar-refractivity contribution is -0.121. The maximum atomic E-state index is 12.1. The van der Waals surface area contributed by atoms with Gasteiger partial charge in [-0.3, -0.25) is 9.59 Å². The Bertz CT molecular complexity index is 728. The molecule has 2 rings (SSSR count). The van der Waals surface area contributed by atoms with E-state index in [1.165, 1.54) is 6.26 Å². The average molecular weight is 360 g/mol. The summed E-state index contributed by atoms with van der Waals surface area (Å²) in [5, 5.41) is 5.64. The fraction of sp³-hybridized carbons (Fsp3) is 0.368. The number of methoxy groups -OCH3 is 2. The lowest BCUT2D eigenvalue weighted by Crippen LogP contribution is -2.29. The molecular formula is C19H24N2O5. The molecule has 1 heterocycles. The maximum absolute atomic E-state index is 12.1. The third-order valence-corrected chi connectivity index (χ3v) is 3.89. The van der Waals surface area contributed by atoms with Crippen molar-refractivity contribution in [1.82, 2.24) is 10.6 Å². The number of rotatable bonds is 9. The van der Waals surface area contributed by atoms with Gasteiger partial charge in [-0.2, -0.15) is 0 Å². The van der Waals surface area contributed by atoms with Crippen molar-refractivity contribution in [2.75, 3.05) is 20.8 Å². The molecule has 2 amide bonds. The zero-order valence-electron chi connectivity index (χ0n) is 15.2. The molecule has 1 atom stereocenters. The average Bonchev–Trinajstić information content (AvgIpc) is 3.19. The predicted octanol–water partition coefficient (Wildman–Crippen LogP) is 2.68. The van der Waals surface area contributed by atoms with Crippen molar-refractivity contribution < 1.29 is 23.5 Å². The van der Waals surface area contributed by atoms with Crippen molar-refractivity contribution in [2.24, 2.45) is 0 Å². The van der Waals surface area contributed by atoms with Crippen LogP contribution in [-0.2, 0) is 4.79 Å². The second-order valence-corrected chi connectivity index (χ2v) is 5.73. The minimum absolute atomic E-state index is 0.102. The molecule has 7 heteroatoms. The highest BCUT2D eigenvalue weighted by Crippen LogP contribution is 2.29. The third kappa shape index (κ3) is 5.27. The smallest absolute Gasteiger partial charge is 0.286 e. The van der Waals surface area contributed by atoms with Crippen molar-refractivity contribution >= 4 is 11.8 Å². The summed E-state index contributed by atoms with van der Waals surface area (Å²) in [5.41, 5.74) is 0.839. The first-order chi connectivity index (χ1) is 12.5. The third-order valence-electron chi connectivity index (χ3n) is 3.89. The number of hydrogen-bond donors (Lipinski definition) is 2. The van der Waals surface area contributed by atoms with Crippen LogP contribution in [0.2, 0.25) is 0 Å². The van der Waals surface area contributed by atoms with E-state index in [2.05, 4.69) is 10.6 Å². The van der Waals surface area contributed by atoms with Crippen LogP contribution in [0, 0.1) is 0 Å². The molecule has 0 spiro atoms. The van der Waals surface area contributed by atoms with Crippen LogP contribution in [-0.4, -0.2) is 32.6 Å². The van der Waals surface area contributed by atoms with Crippen molar-refractivity contribution in [3.8, 4) is 11.5 Å². The van der Waals surface area contributed by atoms with Gasteiger partial charge in [0.25, 0.3) is 5.91 Å². The molecule has 0 aliphatic rings. The summed E-state index contributed by atoms with van der Waals surface area (Å²) >= 11 is 0. The molecule has 0 saturated carbocycles. The highest BCUT2D eigenvalue weighted by atomic mass is 16.5. The van der Waals surface area contributed by atoms with Crippen LogP contribution in [0.5, 0.6) is 11.5 Å². The number of hydrogen-bond acceptors (Lipinski definition) is 5. The van der Waals surface area contributed by atoms with Gasteiger partial charge < -0.3 is 24.5 Å². The van der Waals surface area contributed by atoms with Gasteiger partial charge in [-0.05, 0) is 43.7 Å². The summed E-state index contributed by atoms with van der Waals surface area (Å²) in [5.74, 6) is 1.25. The Morgan fingerprint density at radius 2 is 2.00 bits per heavy atom. The summed E-state index contributed by atoms with van der Waals surface area (Å²) in [6.07, 6.45) is 2.27. The van der Waals surface area contributed by atoms with Gasteiger partial charge in [-0.15, -0.1) is 0 Å². The summed E-state index contributed by atoms with van der Waals surface area (Å²) in [6.45, 7) is 2.28. The Balaban J connectivity index is 1.79. The summed E-state index contributed by atoms with van der Waals surface area (Å²) in [7, 11) is 3.17. The van der Waals surface area contributed by atoms with E-state index in [1.807, 2.05) is 13.0 Å². The van der Waals surface area contributed by atoms with E-state index >= 15 is 0 Å². The molecular weight excluding hydrogens is 336 g/mol. The Morgan fingerprint density at radius 3 is 2.65 bits per heavy atom. The van der Waals surface area contributed by atoms with Crippen LogP contribution >= 0.6 is 0 Å². The standard InChI is InChI=1S/C19H24N2O5/c1-13(15-12-14(24-2)8-9-16(15)25-3)21-18(22)7-4-10-20-19(23)17-6-5-11-26-17/h5-6,8-9,11-13H,4,7,10H2,1-3H3,(H,20,23)(H,21,22). The number of carbonyl (C=O) groups excluding carboxylic acids is 2. The molecule has 0 saturated heterocycles. The Morgan fingerprint density at radius 1 is 1.19 bits per heavy atom. The van der Waals surface area contributed by atoms with E-state index in [0.717, 1.165) is 5.56 Å². The Labute approximate surface area is 152 Å². The van der Waals surface area contributed by atoms with Gasteiger partial charge in [0.15, 0.2) is 5.76 Å². The first kappa shape index (κ1) is 19.4. The number of carbonyl (C=O) groups is 2. The van der Waals surface area contributed by atoms with Gasteiger partial charge in [0.2, 0.25) is 5.91 Å². The van der Waals surface area contributed by atoms with Crippen LogP contribution in [0.15, 0.2) is 41.0 Å². The molecule has 1 aromatic heterocycles. The first-order valence-corrected chi connectivity index (χ1v) is 8.38. The zero-order chi connectivity index (χ0) is 18.9. The van der Waals surface area contributed by atoms with Crippen LogP contribution in [0.3, 0.4) is 0 Å². The van der Waals surface area contributed by atoms with E-state index in [4.69, 9.17) is 13.9 Å². The molecule has 26 heavy (non-hydrogen) atoms. The van der Waals surface area contributed by atoms with Crippen LogP contribution in [0.25, 0.3) is 0 Å². The number of furan rings is 1. The second-order valence-electron chi connectivity index (χ2n) is 5.73. The van der Waals surface area contributed by atoms with Crippen molar-refractivity contribution in [1.29, 1.82) is 0 Å². The van der Waals surface area contributed by atoms with Crippen LogP contribution < -0.4 is 20.1 Å². The Kier molecular flexibility index (Phi) is 7.08. The van der Waals surface area contributed by atoms with E-state index in [-0.39, 0.29) is 23.6 Å². The number of amides is 2. The van der Waals surface area contributed by atoms with Crippen molar-refractivity contribution in [2.45, 2.75) is 25.8 Å². The number of ether oxygens (including phenoxy) is 2. The molecule has 2 N–H and O–H groups in total. The summed E-state index contributed by atoms with van der Waals surface area (Å²) in [4.78, 5) is 23.9. The minimum atomic E-state index is -0.287. The van der Waals surface area contributed by atoms with Gasteiger partial charge in [0, 0.05) is 18.5 Å². The second kappa shape index (κ2) is 9.50. The van der Waals surface area contributed by atoms with Gasteiger partial charge in [0.1, 0.15) is 11.5 Å². The normalized spacial score (nSPS) is 11.5. The van der Waals surface area contributed by atoms with E-state index in [1.54, 1.807) is 38.5 Å².